The molecule has 0 radical (unpaired) electrons. The van der Waals surface area contributed by atoms with Crippen molar-refractivity contribution in [3.05, 3.63) is 13.3 Å². The number of esters is 1. The van der Waals surface area contributed by atoms with Crippen LogP contribution in [0.3, 0.4) is 0 Å². The summed E-state index contributed by atoms with van der Waals surface area (Å²) < 4.78 is 4.86. The number of carbonyl (C=O) groups is 1. The zero-order chi connectivity index (χ0) is 7.72. The van der Waals surface area contributed by atoms with Crippen molar-refractivity contribution in [2.45, 2.75) is 20.0 Å². The van der Waals surface area contributed by atoms with E-state index in [0.717, 1.165) is 0 Å². The van der Waals surface area contributed by atoms with Gasteiger partial charge in [-0.05, 0) is 0 Å². The van der Waals surface area contributed by atoms with E-state index in [1.54, 1.807) is 0 Å². The predicted molar refractivity (Wildman–Crippen MR) is 41.7 cm³/mol. The molecule has 0 aromatic carbocycles. The summed E-state index contributed by atoms with van der Waals surface area (Å²) >= 11 is 0. The fourth-order valence-corrected chi connectivity index (χ4v) is 1.02. The third-order valence-corrected chi connectivity index (χ3v) is 1.95. The molecule has 1 aliphatic rings. The zero-order valence-electron chi connectivity index (χ0n) is 9.23. The molecular weight excluding hydrogens is 331 g/mol. The van der Waals surface area contributed by atoms with Crippen LogP contribution in [-0.2, 0) is 9.53 Å². The van der Waals surface area contributed by atoms with Gasteiger partial charge in [0.1, 0.15) is 0 Å². The molecule has 6 heteroatoms. The summed E-state index contributed by atoms with van der Waals surface area (Å²) in [5, 5.41) is 0. The zero-order valence-corrected chi connectivity index (χ0v) is 19.1. The number of hydrogen-bond donors (Lipinski definition) is 0. The van der Waals surface area contributed by atoms with Gasteiger partial charge in [0.15, 0.2) is 0 Å². The quantitative estimate of drug-likeness (QED) is 0.325. The Balaban J connectivity index is -0.000000125. The molecule has 0 unspecified atom stereocenters. The summed E-state index contributed by atoms with van der Waals surface area (Å²) in [5.41, 5.74) is 0. The van der Waals surface area contributed by atoms with Gasteiger partial charge in [0.25, 0.3) is 0 Å². The molecule has 0 spiro atoms. The monoisotopic (exact) mass is 344 g/mol. The second kappa shape index (κ2) is 12.5. The summed E-state index contributed by atoms with van der Waals surface area (Å²) in [6.07, 6.45) is 1.70. The van der Waals surface area contributed by atoms with Gasteiger partial charge in [-0.25, -0.2) is 0 Å². The van der Waals surface area contributed by atoms with Crippen molar-refractivity contribution in [1.82, 2.24) is 0 Å². The summed E-state index contributed by atoms with van der Waals surface area (Å²) in [7, 11) is 0. The summed E-state index contributed by atoms with van der Waals surface area (Å²) in [4.78, 5) is 10.9. The molecule has 3 atom stereocenters. The maximum Gasteiger partial charge on any atom is 1.00 e. The average molecular weight is 345 g/mol. The minimum Gasteiger partial charge on any atom is -0.870 e. The number of ether oxygens (including phenoxy) is 1. The topological polar surface area (TPSA) is 86.3 Å². The van der Waals surface area contributed by atoms with Gasteiger partial charge in [-0.2, -0.15) is 5.92 Å². The minimum absolute atomic E-state index is 0. The number of carbonyl (C=O) groups excluding carboxylic acids is 1. The first kappa shape index (κ1) is 25.8. The molecule has 0 bridgehead atoms. The molecular formula is C8H14O4Rb2-2. The van der Waals surface area contributed by atoms with E-state index in [4.69, 9.17) is 4.74 Å². The van der Waals surface area contributed by atoms with Crippen LogP contribution in [0.5, 0.6) is 0 Å². The van der Waals surface area contributed by atoms with Crippen molar-refractivity contribution in [2.75, 3.05) is 0 Å². The first-order valence-electron chi connectivity index (χ1n) is 3.50. The van der Waals surface area contributed by atoms with Crippen molar-refractivity contribution in [1.29, 1.82) is 0 Å². The molecule has 0 aromatic heterocycles. The summed E-state index contributed by atoms with van der Waals surface area (Å²) in [6.45, 7) is 7.51. The fraction of sp³-hybridized carbons (Fsp3) is 0.625. The Labute approximate surface area is 183 Å². The van der Waals surface area contributed by atoms with Gasteiger partial charge >= 0.3 is 122 Å². The van der Waals surface area contributed by atoms with Gasteiger partial charge in [-0.15, -0.1) is 6.10 Å². The van der Waals surface area contributed by atoms with Crippen LogP contribution in [0.2, 0.25) is 0 Å². The molecule has 1 rings (SSSR count). The second-order valence-corrected chi connectivity index (χ2v) is 2.82. The van der Waals surface area contributed by atoms with Crippen molar-refractivity contribution >= 4 is 5.97 Å². The van der Waals surface area contributed by atoms with Gasteiger partial charge in [0.2, 0.25) is 0 Å². The maximum absolute atomic E-state index is 10.9. The molecule has 0 aromatic rings. The van der Waals surface area contributed by atoms with Crippen molar-refractivity contribution in [3.63, 3.8) is 0 Å². The van der Waals surface area contributed by atoms with Crippen LogP contribution in [0.25, 0.3) is 0 Å². The Hall–Kier alpha value is 3.00. The first-order valence-corrected chi connectivity index (χ1v) is 3.50. The second-order valence-electron chi connectivity index (χ2n) is 2.82. The summed E-state index contributed by atoms with van der Waals surface area (Å²) in [6, 6.07) is 0. The van der Waals surface area contributed by atoms with Crippen LogP contribution < -0.4 is 116 Å². The molecule has 0 saturated carbocycles. The Morgan fingerprint density at radius 2 is 1.71 bits per heavy atom. The van der Waals surface area contributed by atoms with Gasteiger partial charge in [0, 0.05) is 5.92 Å². The van der Waals surface area contributed by atoms with E-state index in [1.165, 1.54) is 0 Å². The molecule has 1 saturated heterocycles. The van der Waals surface area contributed by atoms with E-state index in [2.05, 4.69) is 6.92 Å². The molecule has 1 aliphatic heterocycles. The largest absolute Gasteiger partial charge is 1.00 e. The Bertz CT molecular complexity index is 154. The maximum atomic E-state index is 10.9. The van der Waals surface area contributed by atoms with Crippen LogP contribution in [0.15, 0.2) is 0 Å². The average Bonchev–Trinajstić information content (AvgIpc) is 1.82. The molecule has 1 fully saturated rings. The van der Waals surface area contributed by atoms with E-state index >= 15 is 0 Å². The molecule has 0 aliphatic carbocycles. The van der Waals surface area contributed by atoms with Gasteiger partial charge in [0.05, 0.1) is 0 Å². The summed E-state index contributed by atoms with van der Waals surface area (Å²) in [5.74, 6) is 0.164. The Morgan fingerprint density at radius 1 is 1.29 bits per heavy atom. The molecule has 0 amide bonds. The number of rotatable bonds is 0. The van der Waals surface area contributed by atoms with Gasteiger partial charge in [-0.3, -0.25) is 4.79 Å². The van der Waals surface area contributed by atoms with E-state index in [-0.39, 0.29) is 145 Å². The van der Waals surface area contributed by atoms with E-state index in [1.807, 2.05) is 20.3 Å². The Morgan fingerprint density at radius 3 is 2.07 bits per heavy atom. The third kappa shape index (κ3) is 8.14. The molecule has 2 N–H and O–H groups in total. The number of hydrogen-bond acceptors (Lipinski definition) is 4. The van der Waals surface area contributed by atoms with Crippen molar-refractivity contribution < 1.29 is 137 Å². The fourth-order valence-electron chi connectivity index (χ4n) is 1.02. The van der Waals surface area contributed by atoms with Gasteiger partial charge in [-0.1, -0.05) is 13.8 Å². The van der Waals surface area contributed by atoms with Crippen LogP contribution in [0.4, 0.5) is 0 Å². The molecule has 74 valence electrons. The van der Waals surface area contributed by atoms with E-state index in [9.17, 15) is 4.79 Å². The van der Waals surface area contributed by atoms with Crippen LogP contribution in [0, 0.1) is 25.2 Å². The first-order chi connectivity index (χ1) is 4.61. The normalized spacial score (nSPS) is 29.4. The third-order valence-electron chi connectivity index (χ3n) is 1.95. The predicted octanol–water partition coefficient (Wildman–Crippen LogP) is -5.12. The molecule has 1 heterocycles. The van der Waals surface area contributed by atoms with Crippen molar-refractivity contribution in [2.24, 2.45) is 11.8 Å². The van der Waals surface area contributed by atoms with Crippen LogP contribution in [0.1, 0.15) is 13.8 Å². The van der Waals surface area contributed by atoms with Crippen LogP contribution in [-0.4, -0.2) is 23.0 Å². The smallest absolute Gasteiger partial charge is 0.870 e. The Kier molecular flexibility index (Phi) is 22.9. The standard InChI is InChI=1S/C8H12O2.2H2O.2Rb/c1-5-4-6(2)10-8(9)7(5)3;;;;/h4-7H,2H2,1,3H3;2*1H2;;/q-2;;;2*+1/p-2/t5-,6+,7+;;;;/m0..../s1. The SMILES string of the molecule is [CH2-][C@@H]1[CH-][C@H](C)[C@@H](C)C(=O)O1.[OH-].[OH-].[Rb+].[Rb+]. The molecule has 14 heavy (non-hydrogen) atoms. The van der Waals surface area contributed by atoms with Gasteiger partial charge < -0.3 is 29.0 Å². The minimum atomic E-state index is -0.251. The number of cyclic esters (lactones) is 1. The van der Waals surface area contributed by atoms with E-state index < -0.39 is 0 Å². The van der Waals surface area contributed by atoms with E-state index in [0.29, 0.717) is 5.92 Å². The van der Waals surface area contributed by atoms with Crippen molar-refractivity contribution in [3.8, 4) is 0 Å². The molecule has 4 nitrogen and oxygen atoms in total. The van der Waals surface area contributed by atoms with Crippen LogP contribution >= 0.6 is 0 Å².